The van der Waals surface area contributed by atoms with Crippen LogP contribution in [0.15, 0.2) is 12.1 Å². The van der Waals surface area contributed by atoms with Crippen molar-refractivity contribution in [3.8, 4) is 0 Å². The van der Waals surface area contributed by atoms with Gasteiger partial charge in [-0.2, -0.15) is 0 Å². The Hall–Kier alpha value is -1.46. The maximum Gasteiger partial charge on any atom is 0.177 e. The first kappa shape index (κ1) is 11.6. The molecule has 0 spiro atoms. The number of nitrogens with zero attached hydrogens (tertiary/aromatic N) is 2. The minimum absolute atomic E-state index is 0.291. The number of nitrogens with one attached hydrogen (secondary N) is 2. The molecule has 0 aliphatic carbocycles. The number of pyridine rings is 1. The summed E-state index contributed by atoms with van der Waals surface area (Å²) < 4.78 is 5.55. The van der Waals surface area contributed by atoms with E-state index < -0.39 is 0 Å². The number of hydrogen-bond acceptors (Lipinski definition) is 4. The summed E-state index contributed by atoms with van der Waals surface area (Å²) in [6.45, 7) is 6.51. The molecule has 2 aromatic rings. The Kier molecular flexibility index (Phi) is 3.01. The van der Waals surface area contributed by atoms with Crippen molar-refractivity contribution < 1.29 is 4.74 Å². The molecule has 2 atom stereocenters. The number of likely N-dealkylation sites (N-methyl/N-ethyl adjacent to an activating group) is 1. The van der Waals surface area contributed by atoms with E-state index in [0.717, 1.165) is 42.4 Å². The molecule has 0 bridgehead atoms. The van der Waals surface area contributed by atoms with Crippen LogP contribution in [0.2, 0.25) is 0 Å². The van der Waals surface area contributed by atoms with Crippen molar-refractivity contribution in [2.75, 3.05) is 19.8 Å². The first-order valence-electron chi connectivity index (χ1n) is 6.42. The molecule has 1 aliphatic rings. The van der Waals surface area contributed by atoms with E-state index in [-0.39, 0.29) is 0 Å². The normalized spacial score (nSPS) is 23.9. The fraction of sp³-hybridized carbons (Fsp3) is 0.538. The van der Waals surface area contributed by atoms with Gasteiger partial charge in [0.25, 0.3) is 0 Å². The van der Waals surface area contributed by atoms with E-state index in [4.69, 9.17) is 4.74 Å². The van der Waals surface area contributed by atoms with Gasteiger partial charge in [-0.25, -0.2) is 9.97 Å². The van der Waals surface area contributed by atoms with Crippen LogP contribution in [0.4, 0.5) is 0 Å². The number of imidazole rings is 1. The van der Waals surface area contributed by atoms with Crippen LogP contribution in [0.25, 0.3) is 11.2 Å². The molecule has 1 saturated heterocycles. The van der Waals surface area contributed by atoms with Gasteiger partial charge in [-0.05, 0) is 25.6 Å². The van der Waals surface area contributed by atoms with Gasteiger partial charge in [-0.15, -0.1) is 0 Å². The molecule has 96 valence electrons. The van der Waals surface area contributed by atoms with Gasteiger partial charge >= 0.3 is 0 Å². The molecule has 1 fully saturated rings. The van der Waals surface area contributed by atoms with Gasteiger partial charge in [-0.1, -0.05) is 6.92 Å². The zero-order chi connectivity index (χ0) is 12.5. The Morgan fingerprint density at radius 3 is 3.11 bits per heavy atom. The summed E-state index contributed by atoms with van der Waals surface area (Å²) in [4.78, 5) is 12.4. The van der Waals surface area contributed by atoms with Crippen LogP contribution in [0, 0.1) is 6.92 Å². The molecule has 0 saturated carbocycles. The minimum atomic E-state index is 0.291. The molecule has 2 N–H and O–H groups in total. The summed E-state index contributed by atoms with van der Waals surface area (Å²) in [5.41, 5.74) is 2.79. The number of aryl methyl sites for hydroxylation is 1. The van der Waals surface area contributed by atoms with E-state index in [9.17, 15) is 0 Å². The number of fused-ring (bicyclic) bond motifs is 1. The van der Waals surface area contributed by atoms with E-state index in [1.54, 1.807) is 0 Å². The monoisotopic (exact) mass is 246 g/mol. The fourth-order valence-corrected chi connectivity index (χ4v) is 2.47. The third-order valence-corrected chi connectivity index (χ3v) is 3.40. The van der Waals surface area contributed by atoms with Crippen LogP contribution in [0.5, 0.6) is 0 Å². The second-order valence-electron chi connectivity index (χ2n) is 4.75. The van der Waals surface area contributed by atoms with E-state index >= 15 is 0 Å². The lowest BCUT2D eigenvalue weighted by atomic mass is 10.0. The topological polar surface area (TPSA) is 62.8 Å². The van der Waals surface area contributed by atoms with E-state index in [2.05, 4.69) is 27.2 Å². The Morgan fingerprint density at radius 2 is 2.28 bits per heavy atom. The molecule has 2 aromatic heterocycles. The number of hydrogen-bond donors (Lipinski definition) is 2. The molecular formula is C13H18N4O. The van der Waals surface area contributed by atoms with Crippen LogP contribution in [0.3, 0.4) is 0 Å². The van der Waals surface area contributed by atoms with Gasteiger partial charge in [0, 0.05) is 11.7 Å². The van der Waals surface area contributed by atoms with Crippen molar-refractivity contribution in [1.29, 1.82) is 0 Å². The average Bonchev–Trinajstić information content (AvgIpc) is 2.94. The van der Waals surface area contributed by atoms with Crippen LogP contribution < -0.4 is 5.32 Å². The van der Waals surface area contributed by atoms with Crippen LogP contribution in [-0.2, 0) is 4.74 Å². The number of aromatic nitrogens is 3. The molecule has 3 rings (SSSR count). The van der Waals surface area contributed by atoms with Gasteiger partial charge < -0.3 is 15.0 Å². The van der Waals surface area contributed by atoms with Crippen molar-refractivity contribution >= 4 is 11.2 Å². The van der Waals surface area contributed by atoms with Gasteiger partial charge in [0.15, 0.2) is 5.65 Å². The molecule has 3 heterocycles. The highest BCUT2D eigenvalue weighted by Gasteiger charge is 2.31. The molecule has 0 aromatic carbocycles. The molecule has 5 heteroatoms. The number of rotatable bonds is 3. The highest BCUT2D eigenvalue weighted by molar-refractivity contribution is 5.70. The van der Waals surface area contributed by atoms with Crippen LogP contribution in [0.1, 0.15) is 24.4 Å². The smallest absolute Gasteiger partial charge is 0.177 e. The summed E-state index contributed by atoms with van der Waals surface area (Å²) in [5.74, 6) is 1.27. The Bertz CT molecular complexity index is 551. The predicted octanol–water partition coefficient (Wildman–Crippen LogP) is 1.36. The lowest BCUT2D eigenvalue weighted by Crippen LogP contribution is -2.34. The molecule has 0 radical (unpaired) electrons. The van der Waals surface area contributed by atoms with Gasteiger partial charge in [0.05, 0.1) is 24.6 Å². The van der Waals surface area contributed by atoms with Crippen molar-refractivity contribution in [3.05, 3.63) is 23.7 Å². The summed E-state index contributed by atoms with van der Waals surface area (Å²) in [6, 6.07) is 4.38. The SMILES string of the molecule is CCNC1COCC1c1nc2nc(C)ccc2[nH]1. The minimum Gasteiger partial charge on any atom is -0.379 e. The summed E-state index contributed by atoms with van der Waals surface area (Å²) in [5, 5.41) is 3.44. The van der Waals surface area contributed by atoms with Crippen LogP contribution in [-0.4, -0.2) is 40.8 Å². The summed E-state index contributed by atoms with van der Waals surface area (Å²) in [6.07, 6.45) is 0. The highest BCUT2D eigenvalue weighted by atomic mass is 16.5. The second kappa shape index (κ2) is 4.66. The summed E-state index contributed by atoms with van der Waals surface area (Å²) >= 11 is 0. The molecule has 0 amide bonds. The lowest BCUT2D eigenvalue weighted by Gasteiger charge is -2.15. The van der Waals surface area contributed by atoms with E-state index in [1.807, 2.05) is 19.1 Å². The Morgan fingerprint density at radius 1 is 1.39 bits per heavy atom. The third kappa shape index (κ3) is 2.00. The molecule has 2 unspecified atom stereocenters. The predicted molar refractivity (Wildman–Crippen MR) is 69.7 cm³/mol. The highest BCUT2D eigenvalue weighted by Crippen LogP contribution is 2.25. The van der Waals surface area contributed by atoms with E-state index in [1.165, 1.54) is 0 Å². The Balaban J connectivity index is 1.93. The number of aromatic amines is 1. The largest absolute Gasteiger partial charge is 0.379 e. The lowest BCUT2D eigenvalue weighted by molar-refractivity contribution is 0.187. The standard InChI is InChI=1S/C13H18N4O/c1-3-14-11-7-18-6-9(11)12-16-10-5-4-8(2)15-13(10)17-12/h4-5,9,11,14H,3,6-7H2,1-2H3,(H,15,16,17). The molecule has 5 nitrogen and oxygen atoms in total. The number of H-pyrrole nitrogens is 1. The second-order valence-corrected chi connectivity index (χ2v) is 4.75. The van der Waals surface area contributed by atoms with Crippen molar-refractivity contribution in [2.45, 2.75) is 25.8 Å². The van der Waals surface area contributed by atoms with Gasteiger partial charge in [-0.3, -0.25) is 0 Å². The summed E-state index contributed by atoms with van der Waals surface area (Å²) in [7, 11) is 0. The quantitative estimate of drug-likeness (QED) is 0.858. The van der Waals surface area contributed by atoms with Gasteiger partial charge in [0.2, 0.25) is 0 Å². The van der Waals surface area contributed by atoms with Crippen molar-refractivity contribution in [2.24, 2.45) is 0 Å². The average molecular weight is 246 g/mol. The molecular weight excluding hydrogens is 228 g/mol. The Labute approximate surface area is 106 Å². The first-order chi connectivity index (χ1) is 8.78. The third-order valence-electron chi connectivity index (χ3n) is 3.40. The number of ether oxygens (including phenoxy) is 1. The van der Waals surface area contributed by atoms with Crippen molar-refractivity contribution in [1.82, 2.24) is 20.3 Å². The van der Waals surface area contributed by atoms with Gasteiger partial charge in [0.1, 0.15) is 5.82 Å². The maximum absolute atomic E-state index is 5.55. The maximum atomic E-state index is 5.55. The molecule has 1 aliphatic heterocycles. The van der Waals surface area contributed by atoms with Crippen LogP contribution >= 0.6 is 0 Å². The zero-order valence-electron chi connectivity index (χ0n) is 10.7. The first-order valence-corrected chi connectivity index (χ1v) is 6.42. The fourth-order valence-electron chi connectivity index (χ4n) is 2.47. The van der Waals surface area contributed by atoms with E-state index in [0.29, 0.717) is 12.0 Å². The van der Waals surface area contributed by atoms with Crippen molar-refractivity contribution in [3.63, 3.8) is 0 Å². The zero-order valence-corrected chi connectivity index (χ0v) is 10.7. The molecule has 18 heavy (non-hydrogen) atoms.